The number of rotatable bonds is 47. The monoisotopic (exact) mass is 856 g/mol. The summed E-state index contributed by atoms with van der Waals surface area (Å²) < 4.78 is 5.92. The van der Waals surface area contributed by atoms with Crippen molar-refractivity contribution >= 4 is 11.9 Å². The number of hydrogen-bond donors (Lipinski definition) is 3. The predicted molar refractivity (Wildman–Crippen MR) is 264 cm³/mol. The topological polar surface area (TPSA) is 95.9 Å². The lowest BCUT2D eigenvalue weighted by Gasteiger charge is -2.24. The van der Waals surface area contributed by atoms with E-state index in [9.17, 15) is 19.8 Å². The fourth-order valence-electron chi connectivity index (χ4n) is 7.84. The molecule has 0 aliphatic carbocycles. The minimum atomic E-state index is -0.794. The fourth-order valence-corrected chi connectivity index (χ4v) is 7.84. The molecule has 0 spiro atoms. The lowest BCUT2D eigenvalue weighted by Crippen LogP contribution is -2.46. The van der Waals surface area contributed by atoms with Crippen molar-refractivity contribution in [3.8, 4) is 0 Å². The maximum Gasteiger partial charge on any atom is 0.306 e. The van der Waals surface area contributed by atoms with Gasteiger partial charge in [0.15, 0.2) is 0 Å². The minimum absolute atomic E-state index is 0.0586. The zero-order chi connectivity index (χ0) is 44.5. The van der Waals surface area contributed by atoms with Gasteiger partial charge in [-0.15, -0.1) is 0 Å². The van der Waals surface area contributed by atoms with Crippen LogP contribution in [0.15, 0.2) is 48.6 Å². The summed E-state index contributed by atoms with van der Waals surface area (Å²) in [6.07, 6.45) is 58.8. The van der Waals surface area contributed by atoms with Crippen molar-refractivity contribution in [1.82, 2.24) is 5.32 Å². The van der Waals surface area contributed by atoms with E-state index in [1.54, 1.807) is 0 Å². The largest absolute Gasteiger partial charge is 0.462 e. The van der Waals surface area contributed by atoms with E-state index in [0.29, 0.717) is 19.3 Å². The van der Waals surface area contributed by atoms with Crippen molar-refractivity contribution in [2.45, 2.75) is 283 Å². The SMILES string of the molecule is CCCCC/C=C\C/C=C\C/C=C\CCCCCCC(=O)OC(CCCCC/C=C/CCCCCCCCC)CC(=O)NC(CO)C(O)CCCCCCCCCCCCC. The Labute approximate surface area is 378 Å². The van der Waals surface area contributed by atoms with E-state index in [4.69, 9.17) is 4.74 Å². The summed E-state index contributed by atoms with van der Waals surface area (Å²) in [5.74, 6) is -0.509. The number of hydrogen-bond acceptors (Lipinski definition) is 5. The Kier molecular flexibility index (Phi) is 47.1. The number of carbonyl (C=O) groups excluding carboxylic acids is 2. The van der Waals surface area contributed by atoms with E-state index in [-0.39, 0.29) is 24.9 Å². The quantitative estimate of drug-likeness (QED) is 0.0322. The van der Waals surface area contributed by atoms with Crippen LogP contribution >= 0.6 is 0 Å². The Hall–Kier alpha value is -2.18. The van der Waals surface area contributed by atoms with Crippen LogP contribution in [0.25, 0.3) is 0 Å². The highest BCUT2D eigenvalue weighted by atomic mass is 16.5. The molecule has 0 heterocycles. The Morgan fingerprint density at radius 2 is 0.836 bits per heavy atom. The van der Waals surface area contributed by atoms with Crippen LogP contribution in [0.3, 0.4) is 0 Å². The number of nitrogens with one attached hydrogen (secondary N) is 1. The van der Waals surface area contributed by atoms with Crippen molar-refractivity contribution in [3.05, 3.63) is 48.6 Å². The standard InChI is InChI=1S/C55H101NO5/c1-4-7-10-13-16-19-22-24-26-27-28-30-33-36-39-42-45-48-55(60)61-51(46-43-40-37-34-32-29-25-23-20-17-14-11-8-5-2)49-54(59)56-52(50-57)53(58)47-44-41-38-35-31-21-18-15-12-9-6-3/h16,19,24,26,28-30,32,51-53,57-58H,4-15,17-18,20-23,25,27,31,33-50H2,1-3H3,(H,56,59)/b19-16-,26-24-,30-28-,32-29+. The van der Waals surface area contributed by atoms with Gasteiger partial charge in [-0.1, -0.05) is 211 Å². The molecule has 0 fully saturated rings. The van der Waals surface area contributed by atoms with Crippen molar-refractivity contribution in [2.24, 2.45) is 0 Å². The van der Waals surface area contributed by atoms with Gasteiger partial charge >= 0.3 is 5.97 Å². The van der Waals surface area contributed by atoms with E-state index in [2.05, 4.69) is 74.7 Å². The molecule has 0 aromatic rings. The summed E-state index contributed by atoms with van der Waals surface area (Å²) in [7, 11) is 0. The zero-order valence-corrected chi connectivity index (χ0v) is 40.5. The molecule has 3 unspecified atom stereocenters. The van der Waals surface area contributed by atoms with Crippen LogP contribution in [0.5, 0.6) is 0 Å². The van der Waals surface area contributed by atoms with Gasteiger partial charge in [0.25, 0.3) is 0 Å². The molecule has 0 bridgehead atoms. The van der Waals surface area contributed by atoms with Crippen LogP contribution < -0.4 is 5.32 Å². The predicted octanol–water partition coefficient (Wildman–Crippen LogP) is 15.8. The summed E-state index contributed by atoms with van der Waals surface area (Å²) in [5.41, 5.74) is 0. The first-order chi connectivity index (χ1) is 30.0. The highest BCUT2D eigenvalue weighted by molar-refractivity contribution is 5.77. The molecule has 61 heavy (non-hydrogen) atoms. The van der Waals surface area contributed by atoms with Gasteiger partial charge in [0, 0.05) is 6.42 Å². The molecule has 0 aliphatic heterocycles. The summed E-state index contributed by atoms with van der Waals surface area (Å²) in [6.45, 7) is 6.44. The van der Waals surface area contributed by atoms with Crippen LogP contribution in [0.2, 0.25) is 0 Å². The van der Waals surface area contributed by atoms with Gasteiger partial charge in [-0.2, -0.15) is 0 Å². The number of ether oxygens (including phenoxy) is 1. The average molecular weight is 856 g/mol. The Balaban J connectivity index is 4.63. The minimum Gasteiger partial charge on any atom is -0.462 e. The Bertz CT molecular complexity index is 1050. The summed E-state index contributed by atoms with van der Waals surface area (Å²) in [5, 5.41) is 23.7. The number of carbonyl (C=O) groups is 2. The summed E-state index contributed by atoms with van der Waals surface area (Å²) in [6, 6.07) is -0.710. The first-order valence-corrected chi connectivity index (χ1v) is 26.4. The van der Waals surface area contributed by atoms with Gasteiger partial charge < -0.3 is 20.3 Å². The van der Waals surface area contributed by atoms with Crippen LogP contribution in [0.1, 0.15) is 265 Å². The molecule has 3 N–H and O–H groups in total. The first kappa shape index (κ1) is 58.8. The molecule has 0 radical (unpaired) electrons. The molecular weight excluding hydrogens is 755 g/mol. The van der Waals surface area contributed by atoms with Crippen LogP contribution in [-0.2, 0) is 14.3 Å². The van der Waals surface area contributed by atoms with Gasteiger partial charge in [-0.05, 0) is 89.9 Å². The average Bonchev–Trinajstić information content (AvgIpc) is 3.25. The number of esters is 1. The molecule has 3 atom stereocenters. The number of amides is 1. The Morgan fingerprint density at radius 3 is 1.33 bits per heavy atom. The van der Waals surface area contributed by atoms with E-state index in [0.717, 1.165) is 96.3 Å². The zero-order valence-electron chi connectivity index (χ0n) is 40.5. The number of unbranched alkanes of at least 4 members (excludes halogenated alkanes) is 27. The lowest BCUT2D eigenvalue weighted by atomic mass is 10.0. The van der Waals surface area contributed by atoms with Crippen molar-refractivity contribution in [2.75, 3.05) is 6.61 Å². The Morgan fingerprint density at radius 1 is 0.475 bits per heavy atom. The highest BCUT2D eigenvalue weighted by Gasteiger charge is 2.24. The van der Waals surface area contributed by atoms with Gasteiger partial charge in [0.1, 0.15) is 6.10 Å². The molecule has 0 saturated heterocycles. The molecule has 0 saturated carbocycles. The normalized spacial score (nSPS) is 13.6. The van der Waals surface area contributed by atoms with E-state index in [1.165, 1.54) is 122 Å². The van der Waals surface area contributed by atoms with E-state index >= 15 is 0 Å². The first-order valence-electron chi connectivity index (χ1n) is 26.4. The third-order valence-corrected chi connectivity index (χ3v) is 11.9. The van der Waals surface area contributed by atoms with Gasteiger partial charge in [-0.25, -0.2) is 0 Å². The summed E-state index contributed by atoms with van der Waals surface area (Å²) >= 11 is 0. The third kappa shape index (κ3) is 44.2. The number of allylic oxidation sites excluding steroid dienone is 8. The number of aliphatic hydroxyl groups excluding tert-OH is 2. The van der Waals surface area contributed by atoms with Crippen LogP contribution in [0, 0.1) is 0 Å². The van der Waals surface area contributed by atoms with E-state index in [1.807, 2.05) is 0 Å². The van der Waals surface area contributed by atoms with Gasteiger partial charge in [-0.3, -0.25) is 9.59 Å². The van der Waals surface area contributed by atoms with Crippen molar-refractivity contribution in [1.29, 1.82) is 0 Å². The third-order valence-electron chi connectivity index (χ3n) is 11.9. The second-order valence-electron chi connectivity index (χ2n) is 17.9. The second kappa shape index (κ2) is 48.8. The maximum atomic E-state index is 13.2. The van der Waals surface area contributed by atoms with Gasteiger partial charge in [0.05, 0.1) is 25.2 Å². The number of aliphatic hydroxyl groups is 2. The summed E-state index contributed by atoms with van der Waals surface area (Å²) in [4.78, 5) is 26.1. The molecular formula is C55H101NO5. The molecule has 0 aromatic heterocycles. The van der Waals surface area contributed by atoms with Gasteiger partial charge in [0.2, 0.25) is 5.91 Å². The molecule has 356 valence electrons. The smallest absolute Gasteiger partial charge is 0.306 e. The van der Waals surface area contributed by atoms with Crippen molar-refractivity contribution < 1.29 is 24.5 Å². The highest BCUT2D eigenvalue weighted by Crippen LogP contribution is 2.17. The molecule has 0 rings (SSSR count). The molecule has 0 aromatic carbocycles. The fraction of sp³-hybridized carbons (Fsp3) is 0.818. The van der Waals surface area contributed by atoms with E-state index < -0.39 is 18.2 Å². The second-order valence-corrected chi connectivity index (χ2v) is 17.9. The molecule has 6 heteroatoms. The van der Waals surface area contributed by atoms with Crippen LogP contribution in [0.4, 0.5) is 0 Å². The maximum absolute atomic E-state index is 13.2. The molecule has 0 aliphatic rings. The van der Waals surface area contributed by atoms with Crippen molar-refractivity contribution in [3.63, 3.8) is 0 Å². The lowest BCUT2D eigenvalue weighted by molar-refractivity contribution is -0.151. The molecule has 6 nitrogen and oxygen atoms in total. The molecule has 1 amide bonds. The van der Waals surface area contributed by atoms with Crippen LogP contribution in [-0.4, -0.2) is 46.9 Å².